The molecule has 1 heterocycles. The molecular weight excluding hydrogens is 226 g/mol. The van der Waals surface area contributed by atoms with Gasteiger partial charge in [0.1, 0.15) is 0 Å². The molecule has 1 aromatic heterocycles. The zero-order valence-corrected chi connectivity index (χ0v) is 10.7. The summed E-state index contributed by atoms with van der Waals surface area (Å²) < 4.78 is 0. The smallest absolute Gasteiger partial charge is 0.222 e. The Labute approximate surface area is 108 Å². The van der Waals surface area contributed by atoms with Crippen molar-refractivity contribution in [1.82, 2.24) is 10.3 Å². The van der Waals surface area contributed by atoms with Crippen LogP contribution in [0.2, 0.25) is 0 Å². The zero-order valence-electron chi connectivity index (χ0n) is 10.7. The first kappa shape index (κ1) is 13.0. The molecule has 1 aliphatic rings. The number of nitrogens with two attached hydrogens (primary N) is 1. The molecule has 98 valence electrons. The van der Waals surface area contributed by atoms with Crippen LogP contribution in [0.5, 0.6) is 0 Å². The number of carbonyl (C=O) groups is 1. The molecule has 0 saturated heterocycles. The van der Waals surface area contributed by atoms with Gasteiger partial charge in [-0.15, -0.1) is 0 Å². The zero-order chi connectivity index (χ0) is 12.8. The number of nitrogens with one attached hydrogen (secondary N) is 1. The summed E-state index contributed by atoms with van der Waals surface area (Å²) in [6, 6.07) is 3.82. The maximum atomic E-state index is 11.9. The first-order valence-corrected chi connectivity index (χ1v) is 6.62. The summed E-state index contributed by atoms with van der Waals surface area (Å²) in [5.41, 5.74) is 6.99. The molecule has 1 aromatic rings. The average Bonchev–Trinajstić information content (AvgIpc) is 2.38. The fourth-order valence-electron chi connectivity index (χ4n) is 2.52. The van der Waals surface area contributed by atoms with Crippen molar-refractivity contribution in [2.75, 3.05) is 0 Å². The lowest BCUT2D eigenvalue weighted by Crippen LogP contribution is -2.45. The van der Waals surface area contributed by atoms with E-state index in [2.05, 4.69) is 10.3 Å². The van der Waals surface area contributed by atoms with E-state index in [0.29, 0.717) is 13.0 Å². The van der Waals surface area contributed by atoms with Gasteiger partial charge in [-0.25, -0.2) is 0 Å². The number of nitrogens with zero attached hydrogens (tertiary/aromatic N) is 1. The summed E-state index contributed by atoms with van der Waals surface area (Å²) >= 11 is 0. The topological polar surface area (TPSA) is 68.0 Å². The van der Waals surface area contributed by atoms with Crippen molar-refractivity contribution in [1.29, 1.82) is 0 Å². The second-order valence-corrected chi connectivity index (χ2v) is 5.24. The van der Waals surface area contributed by atoms with Crippen molar-refractivity contribution in [3.63, 3.8) is 0 Å². The molecule has 0 unspecified atom stereocenters. The van der Waals surface area contributed by atoms with E-state index in [1.807, 2.05) is 12.1 Å². The fraction of sp³-hybridized carbons (Fsp3) is 0.571. The molecule has 1 saturated carbocycles. The van der Waals surface area contributed by atoms with E-state index >= 15 is 0 Å². The van der Waals surface area contributed by atoms with Gasteiger partial charge in [-0.1, -0.05) is 25.3 Å². The van der Waals surface area contributed by atoms with E-state index in [-0.39, 0.29) is 11.4 Å². The highest BCUT2D eigenvalue weighted by Crippen LogP contribution is 2.28. The molecule has 1 amide bonds. The Morgan fingerprint density at radius 3 is 2.83 bits per heavy atom. The summed E-state index contributed by atoms with van der Waals surface area (Å²) in [7, 11) is 0. The first-order chi connectivity index (χ1) is 8.68. The van der Waals surface area contributed by atoms with Crippen LogP contribution in [-0.2, 0) is 11.3 Å². The van der Waals surface area contributed by atoms with Crippen LogP contribution in [0.1, 0.15) is 44.1 Å². The quantitative estimate of drug-likeness (QED) is 0.851. The predicted molar refractivity (Wildman–Crippen MR) is 70.7 cm³/mol. The van der Waals surface area contributed by atoms with Crippen molar-refractivity contribution in [3.05, 3.63) is 30.1 Å². The second-order valence-electron chi connectivity index (χ2n) is 5.24. The lowest BCUT2D eigenvalue weighted by atomic mass is 9.80. The van der Waals surface area contributed by atoms with Crippen molar-refractivity contribution < 1.29 is 4.79 Å². The Kier molecular flexibility index (Phi) is 4.31. The molecular formula is C14H21N3O. The SMILES string of the molecule is NC1(CC(=O)NCc2cccnc2)CCCCC1. The predicted octanol–water partition coefficient (Wildman–Crippen LogP) is 1.75. The van der Waals surface area contributed by atoms with Crippen LogP contribution in [0.25, 0.3) is 0 Å². The molecule has 3 N–H and O–H groups in total. The standard InChI is InChI=1S/C14H21N3O/c15-14(6-2-1-3-7-14)9-13(18)17-11-12-5-4-8-16-10-12/h4-5,8,10H,1-3,6-7,9,11,15H2,(H,17,18). The minimum Gasteiger partial charge on any atom is -0.352 e. The lowest BCUT2D eigenvalue weighted by Gasteiger charge is -2.32. The third-order valence-corrected chi connectivity index (χ3v) is 3.57. The number of hydrogen-bond acceptors (Lipinski definition) is 3. The lowest BCUT2D eigenvalue weighted by molar-refractivity contribution is -0.122. The number of amides is 1. The second kappa shape index (κ2) is 5.96. The number of carbonyl (C=O) groups excluding carboxylic acids is 1. The van der Waals surface area contributed by atoms with Crippen molar-refractivity contribution in [2.24, 2.45) is 5.73 Å². The maximum absolute atomic E-state index is 11.9. The van der Waals surface area contributed by atoms with Gasteiger partial charge in [0, 0.05) is 30.9 Å². The van der Waals surface area contributed by atoms with E-state index in [1.54, 1.807) is 12.4 Å². The Morgan fingerprint density at radius 2 is 2.17 bits per heavy atom. The third-order valence-electron chi connectivity index (χ3n) is 3.57. The summed E-state index contributed by atoms with van der Waals surface area (Å²) in [6.07, 6.45) is 9.39. The molecule has 1 fully saturated rings. The van der Waals surface area contributed by atoms with Gasteiger partial charge in [-0.2, -0.15) is 0 Å². The molecule has 0 atom stereocenters. The molecule has 0 aliphatic heterocycles. The van der Waals surface area contributed by atoms with Crippen LogP contribution in [0.4, 0.5) is 0 Å². The number of rotatable bonds is 4. The molecule has 4 heteroatoms. The van der Waals surface area contributed by atoms with E-state index in [4.69, 9.17) is 5.73 Å². The third kappa shape index (κ3) is 3.81. The fourth-order valence-corrected chi connectivity index (χ4v) is 2.52. The van der Waals surface area contributed by atoms with E-state index in [0.717, 1.165) is 31.2 Å². The Balaban J connectivity index is 1.78. The highest BCUT2D eigenvalue weighted by Gasteiger charge is 2.29. The number of hydrogen-bond donors (Lipinski definition) is 2. The molecule has 4 nitrogen and oxygen atoms in total. The number of pyridine rings is 1. The van der Waals surface area contributed by atoms with Crippen molar-refractivity contribution in [3.8, 4) is 0 Å². The molecule has 0 radical (unpaired) electrons. The summed E-state index contributed by atoms with van der Waals surface area (Å²) in [5.74, 6) is 0.0447. The molecule has 2 rings (SSSR count). The average molecular weight is 247 g/mol. The maximum Gasteiger partial charge on any atom is 0.222 e. The number of aromatic nitrogens is 1. The van der Waals surface area contributed by atoms with Gasteiger partial charge < -0.3 is 11.1 Å². The van der Waals surface area contributed by atoms with E-state index in [1.165, 1.54) is 6.42 Å². The molecule has 18 heavy (non-hydrogen) atoms. The van der Waals surface area contributed by atoms with Gasteiger partial charge in [0.25, 0.3) is 0 Å². The Hall–Kier alpha value is -1.42. The summed E-state index contributed by atoms with van der Waals surface area (Å²) in [6.45, 7) is 0.531. The van der Waals surface area contributed by atoms with Gasteiger partial charge in [0.2, 0.25) is 5.91 Å². The molecule has 0 bridgehead atoms. The van der Waals surface area contributed by atoms with Crippen LogP contribution in [0, 0.1) is 0 Å². The first-order valence-electron chi connectivity index (χ1n) is 6.62. The minimum atomic E-state index is -0.280. The molecule has 0 aromatic carbocycles. The van der Waals surface area contributed by atoms with Gasteiger partial charge in [-0.05, 0) is 24.5 Å². The monoisotopic (exact) mass is 247 g/mol. The van der Waals surface area contributed by atoms with Crippen molar-refractivity contribution in [2.45, 2.75) is 50.6 Å². The van der Waals surface area contributed by atoms with Crippen LogP contribution in [-0.4, -0.2) is 16.4 Å². The van der Waals surface area contributed by atoms with Crippen molar-refractivity contribution >= 4 is 5.91 Å². The summed E-state index contributed by atoms with van der Waals surface area (Å²) in [4.78, 5) is 15.9. The summed E-state index contributed by atoms with van der Waals surface area (Å²) in [5, 5.41) is 2.91. The highest BCUT2D eigenvalue weighted by atomic mass is 16.1. The Morgan fingerprint density at radius 1 is 1.39 bits per heavy atom. The van der Waals surface area contributed by atoms with Gasteiger partial charge in [-0.3, -0.25) is 9.78 Å². The molecule has 0 spiro atoms. The van der Waals surface area contributed by atoms with Gasteiger partial charge in [0.05, 0.1) is 0 Å². The van der Waals surface area contributed by atoms with E-state index < -0.39 is 0 Å². The van der Waals surface area contributed by atoms with Gasteiger partial charge in [0.15, 0.2) is 0 Å². The van der Waals surface area contributed by atoms with Crippen LogP contribution < -0.4 is 11.1 Å². The van der Waals surface area contributed by atoms with Crippen LogP contribution in [0.3, 0.4) is 0 Å². The normalized spacial score (nSPS) is 18.3. The largest absolute Gasteiger partial charge is 0.352 e. The van der Waals surface area contributed by atoms with Crippen LogP contribution >= 0.6 is 0 Å². The minimum absolute atomic E-state index is 0.0447. The highest BCUT2D eigenvalue weighted by molar-refractivity contribution is 5.77. The molecule has 1 aliphatic carbocycles. The Bertz CT molecular complexity index is 385. The van der Waals surface area contributed by atoms with Gasteiger partial charge >= 0.3 is 0 Å². The van der Waals surface area contributed by atoms with Crippen LogP contribution in [0.15, 0.2) is 24.5 Å². The van der Waals surface area contributed by atoms with E-state index in [9.17, 15) is 4.79 Å².